The van der Waals surface area contributed by atoms with E-state index in [0.29, 0.717) is 4.47 Å². The van der Waals surface area contributed by atoms with E-state index in [9.17, 15) is 37.5 Å². The molecular weight excluding hydrogens is 758 g/mol. The summed E-state index contributed by atoms with van der Waals surface area (Å²) in [5.74, 6) is -21.6. The van der Waals surface area contributed by atoms with Crippen molar-refractivity contribution >= 4 is 79.8 Å². The molecule has 2 aliphatic heterocycles. The summed E-state index contributed by atoms with van der Waals surface area (Å²) in [7, 11) is 0. The highest BCUT2D eigenvalue weighted by Gasteiger charge is 2.77. The normalized spacial score (nSPS) is 30.1. The lowest BCUT2D eigenvalue weighted by molar-refractivity contribution is -0.141. The van der Waals surface area contributed by atoms with E-state index in [1.165, 1.54) is 29.5 Å². The molecule has 2 saturated heterocycles. The SMILES string of the molecule is O=C1[C@H]2[C@H](CC=C3[C@H]2C[C@@]2(Cl)C(=O)N(c4c(F)c(F)c(F)c(F)c4F)C(=O)[C@@]2(Cl)[C@H]3c2cc(Br)ccc2O)C(=O)N1Cc1cccs1. The van der Waals surface area contributed by atoms with Gasteiger partial charge in [-0.05, 0) is 48.4 Å². The van der Waals surface area contributed by atoms with E-state index in [4.69, 9.17) is 23.2 Å². The molecule has 0 bridgehead atoms. The van der Waals surface area contributed by atoms with Gasteiger partial charge in [0.25, 0.3) is 11.8 Å². The first-order valence-corrected chi connectivity index (χ1v) is 16.4. The van der Waals surface area contributed by atoms with Crippen LogP contribution in [0.5, 0.6) is 5.75 Å². The smallest absolute Gasteiger partial charge is 0.258 e. The molecule has 3 heterocycles. The fourth-order valence-electron chi connectivity index (χ4n) is 7.45. The number of fused-ring (bicyclic) bond motifs is 4. The molecule has 1 N–H and O–H groups in total. The first-order valence-electron chi connectivity index (χ1n) is 14.0. The van der Waals surface area contributed by atoms with Crippen molar-refractivity contribution in [3.8, 4) is 5.75 Å². The van der Waals surface area contributed by atoms with Gasteiger partial charge in [0, 0.05) is 20.8 Å². The largest absolute Gasteiger partial charge is 0.508 e. The van der Waals surface area contributed by atoms with E-state index in [2.05, 4.69) is 15.9 Å². The second-order valence-electron chi connectivity index (χ2n) is 11.7. The Bertz CT molecular complexity index is 1950. The molecule has 4 aliphatic rings. The third-order valence-electron chi connectivity index (χ3n) is 9.51. The molecule has 1 saturated carbocycles. The molecule has 7 rings (SSSR count). The van der Waals surface area contributed by atoms with Crippen molar-refractivity contribution in [2.75, 3.05) is 4.90 Å². The minimum atomic E-state index is -2.72. The van der Waals surface area contributed by atoms with Crippen molar-refractivity contribution in [3.05, 3.63) is 91.4 Å². The van der Waals surface area contributed by atoms with Gasteiger partial charge in [-0.3, -0.25) is 24.1 Å². The van der Waals surface area contributed by atoms with Gasteiger partial charge in [-0.15, -0.1) is 34.5 Å². The highest BCUT2D eigenvalue weighted by atomic mass is 79.9. The number of amides is 4. The van der Waals surface area contributed by atoms with Crippen molar-refractivity contribution in [1.82, 2.24) is 4.90 Å². The molecule has 4 amide bonds. The zero-order valence-corrected chi connectivity index (χ0v) is 27.3. The van der Waals surface area contributed by atoms with Gasteiger partial charge in [0.05, 0.1) is 18.4 Å². The summed E-state index contributed by atoms with van der Waals surface area (Å²) < 4.78 is 73.3. The number of anilines is 1. The Hall–Kier alpha value is -3.33. The second-order valence-corrected chi connectivity index (χ2v) is 14.9. The number of thiophene rings is 1. The molecular formula is C31H18BrCl2F5N2O5S. The first kappa shape index (κ1) is 32.2. The average Bonchev–Trinajstić information content (AvgIpc) is 3.68. The van der Waals surface area contributed by atoms with Crippen LogP contribution >= 0.6 is 50.5 Å². The van der Waals surface area contributed by atoms with Gasteiger partial charge in [0.15, 0.2) is 33.0 Å². The number of phenolic OH excluding ortho intramolecular Hbond substituents is 1. The quantitative estimate of drug-likeness (QED) is 0.0798. The van der Waals surface area contributed by atoms with E-state index < -0.39 is 104 Å². The number of carbonyl (C=O) groups is 4. The summed E-state index contributed by atoms with van der Waals surface area (Å²) in [5, 5.41) is 12.8. The van der Waals surface area contributed by atoms with E-state index in [0.717, 1.165) is 9.78 Å². The van der Waals surface area contributed by atoms with Crippen LogP contribution in [0.15, 0.2) is 51.8 Å². The van der Waals surface area contributed by atoms with E-state index in [-0.39, 0.29) is 29.0 Å². The molecule has 3 aromatic rings. The molecule has 0 radical (unpaired) electrons. The second kappa shape index (κ2) is 10.8. The van der Waals surface area contributed by atoms with E-state index >= 15 is 8.78 Å². The minimum absolute atomic E-state index is 0.000967. The van der Waals surface area contributed by atoms with Crippen LogP contribution in [0.3, 0.4) is 0 Å². The third-order valence-corrected chi connectivity index (χ3v) is 12.3. The number of halogens is 8. The Balaban J connectivity index is 1.43. The molecule has 6 atom stereocenters. The molecule has 2 aromatic carbocycles. The Labute approximate surface area is 284 Å². The standard InChI is InChI=1S/C31H18BrCl2F5N2O5S/c32-11-3-6-17(42)15(8-11)19-13-4-5-14-18(27(44)40(26(14)43)10-12-2-1-7-47-12)16(13)9-30(33)28(45)41(29(46)31(19,30)34)25-23(38)21(36)20(35)22(37)24(25)39/h1-4,6-8,14,16,18-19,42H,5,9-10H2/t14-,16+,18-,19+,30+,31-/m0/s1. The molecule has 1 aromatic heterocycles. The van der Waals surface area contributed by atoms with Crippen LogP contribution in [-0.2, 0) is 25.7 Å². The number of alkyl halides is 2. The zero-order chi connectivity index (χ0) is 33.9. The van der Waals surface area contributed by atoms with Gasteiger partial charge in [-0.1, -0.05) is 33.6 Å². The number of aromatic hydroxyl groups is 1. The molecule has 7 nitrogen and oxygen atoms in total. The van der Waals surface area contributed by atoms with Gasteiger partial charge in [-0.25, -0.2) is 26.9 Å². The maximum Gasteiger partial charge on any atom is 0.258 e. The highest BCUT2D eigenvalue weighted by molar-refractivity contribution is 9.10. The van der Waals surface area contributed by atoms with Crippen LogP contribution in [0.25, 0.3) is 0 Å². The van der Waals surface area contributed by atoms with Crippen molar-refractivity contribution in [2.45, 2.75) is 35.1 Å². The summed E-state index contributed by atoms with van der Waals surface area (Å²) >= 11 is 18.7. The lowest BCUT2D eigenvalue weighted by Gasteiger charge is -2.50. The van der Waals surface area contributed by atoms with Gasteiger partial charge in [-0.2, -0.15) is 0 Å². The summed E-state index contributed by atoms with van der Waals surface area (Å²) in [4.78, 5) is 52.2. The van der Waals surface area contributed by atoms with Crippen LogP contribution in [0.4, 0.5) is 27.6 Å². The topological polar surface area (TPSA) is 95.0 Å². The van der Waals surface area contributed by atoms with Crippen LogP contribution in [0.2, 0.25) is 0 Å². The van der Waals surface area contributed by atoms with Crippen molar-refractivity contribution in [2.24, 2.45) is 17.8 Å². The molecule has 0 spiro atoms. The fraction of sp³-hybridized carbons (Fsp3) is 0.290. The van der Waals surface area contributed by atoms with Crippen LogP contribution in [0.1, 0.15) is 29.2 Å². The van der Waals surface area contributed by atoms with Gasteiger partial charge < -0.3 is 5.11 Å². The molecule has 2 aliphatic carbocycles. The third kappa shape index (κ3) is 4.20. The maximum atomic E-state index is 15.1. The van der Waals surface area contributed by atoms with E-state index in [1.54, 1.807) is 23.6 Å². The number of phenols is 1. The Kier molecular flexibility index (Phi) is 7.43. The van der Waals surface area contributed by atoms with Crippen LogP contribution in [0, 0.1) is 46.8 Å². The predicted molar refractivity (Wildman–Crippen MR) is 162 cm³/mol. The van der Waals surface area contributed by atoms with Gasteiger partial charge in [0.2, 0.25) is 17.6 Å². The molecule has 3 fully saturated rings. The number of hydrogen-bond acceptors (Lipinski definition) is 6. The number of hydrogen-bond donors (Lipinski definition) is 1. The van der Waals surface area contributed by atoms with Gasteiger partial charge in [0.1, 0.15) is 11.4 Å². The molecule has 16 heteroatoms. The molecule has 0 unspecified atom stereocenters. The number of likely N-dealkylation sites (tertiary alicyclic amines) is 1. The summed E-state index contributed by atoms with van der Waals surface area (Å²) in [6.45, 7) is -0.0167. The maximum absolute atomic E-state index is 15.1. The number of allylic oxidation sites excluding steroid dienone is 2. The molecule has 47 heavy (non-hydrogen) atoms. The van der Waals surface area contributed by atoms with Crippen LogP contribution < -0.4 is 4.90 Å². The number of nitrogens with zero attached hydrogens (tertiary/aromatic N) is 2. The first-order chi connectivity index (χ1) is 22.1. The monoisotopic (exact) mass is 774 g/mol. The number of imide groups is 2. The number of benzene rings is 2. The van der Waals surface area contributed by atoms with Gasteiger partial charge >= 0.3 is 0 Å². The number of rotatable bonds is 4. The average molecular weight is 776 g/mol. The zero-order valence-electron chi connectivity index (χ0n) is 23.4. The Morgan fingerprint density at radius 3 is 2.21 bits per heavy atom. The van der Waals surface area contributed by atoms with Crippen molar-refractivity contribution < 1.29 is 46.2 Å². The Morgan fingerprint density at radius 1 is 0.915 bits per heavy atom. The molecule has 244 valence electrons. The van der Waals surface area contributed by atoms with E-state index in [1.807, 2.05) is 0 Å². The fourth-order valence-corrected chi connectivity index (χ4v) is 9.45. The lowest BCUT2D eigenvalue weighted by Crippen LogP contribution is -2.60. The predicted octanol–water partition coefficient (Wildman–Crippen LogP) is 6.68. The van der Waals surface area contributed by atoms with Crippen LogP contribution in [-0.4, -0.2) is 43.4 Å². The Morgan fingerprint density at radius 2 is 1.57 bits per heavy atom. The minimum Gasteiger partial charge on any atom is -0.508 e. The summed E-state index contributed by atoms with van der Waals surface area (Å²) in [5.41, 5.74) is -1.71. The summed E-state index contributed by atoms with van der Waals surface area (Å²) in [6.07, 6.45) is 0.938. The number of carbonyl (C=O) groups excluding carboxylic acids is 4. The lowest BCUT2D eigenvalue weighted by atomic mass is 9.56. The summed E-state index contributed by atoms with van der Waals surface area (Å²) in [6, 6.07) is 7.55. The highest BCUT2D eigenvalue weighted by Crippen LogP contribution is 2.66. The van der Waals surface area contributed by atoms with Crippen molar-refractivity contribution in [1.29, 1.82) is 0 Å². The van der Waals surface area contributed by atoms with Crippen molar-refractivity contribution in [3.63, 3.8) is 0 Å².